The highest BCUT2D eigenvalue weighted by molar-refractivity contribution is 5.85. The zero-order chi connectivity index (χ0) is 22.2. The fraction of sp³-hybridized carbons (Fsp3) is 0.375. The van der Waals surface area contributed by atoms with Crippen molar-refractivity contribution in [2.24, 2.45) is 0 Å². The Hall–Kier alpha value is -3.37. The Balaban J connectivity index is 1.40. The average molecular weight is 422 g/mol. The Morgan fingerprint density at radius 2 is 1.87 bits per heavy atom. The van der Waals surface area contributed by atoms with Crippen molar-refractivity contribution in [1.29, 1.82) is 5.26 Å². The normalized spacial score (nSPS) is 14.0. The largest absolute Gasteiger partial charge is 0.484 e. The molecule has 0 unspecified atom stereocenters. The third-order valence-corrected chi connectivity index (χ3v) is 5.50. The lowest BCUT2D eigenvalue weighted by Gasteiger charge is -2.33. The number of nitrogens with one attached hydrogen (secondary N) is 1. The first-order valence-electron chi connectivity index (χ1n) is 10.5. The van der Waals surface area contributed by atoms with Crippen molar-refractivity contribution in [3.63, 3.8) is 0 Å². The van der Waals surface area contributed by atoms with Crippen molar-refractivity contribution >= 4 is 11.8 Å². The zero-order valence-corrected chi connectivity index (χ0v) is 18.1. The second kappa shape index (κ2) is 10.6. The highest BCUT2D eigenvalue weighted by atomic mass is 16.5. The van der Waals surface area contributed by atoms with Gasteiger partial charge in [0.15, 0.2) is 6.61 Å². The van der Waals surface area contributed by atoms with E-state index in [4.69, 9.17) is 10.00 Å². The minimum Gasteiger partial charge on any atom is -0.484 e. The maximum atomic E-state index is 12.6. The maximum Gasteiger partial charge on any atom is 0.260 e. The van der Waals surface area contributed by atoms with Gasteiger partial charge in [-0.25, -0.2) is 0 Å². The molecule has 1 fully saturated rings. The molecule has 0 saturated carbocycles. The van der Waals surface area contributed by atoms with Gasteiger partial charge < -0.3 is 19.4 Å². The van der Waals surface area contributed by atoms with Crippen LogP contribution in [0.25, 0.3) is 0 Å². The predicted molar refractivity (Wildman–Crippen MR) is 116 cm³/mol. The van der Waals surface area contributed by atoms with Crippen molar-refractivity contribution in [2.75, 3.05) is 46.4 Å². The van der Waals surface area contributed by atoms with E-state index in [1.165, 1.54) is 20.9 Å². The van der Waals surface area contributed by atoms with E-state index in [1.54, 1.807) is 31.3 Å². The molecule has 0 bridgehead atoms. The fourth-order valence-electron chi connectivity index (χ4n) is 3.63. The summed E-state index contributed by atoms with van der Waals surface area (Å²) in [4.78, 5) is 29.6. The molecule has 3 rings (SSSR count). The van der Waals surface area contributed by atoms with Crippen molar-refractivity contribution in [2.45, 2.75) is 13.5 Å². The lowest BCUT2D eigenvalue weighted by molar-refractivity contribution is -0.917. The number of aryl methyl sites for hydroxylation is 1. The van der Waals surface area contributed by atoms with Gasteiger partial charge in [-0.3, -0.25) is 9.59 Å². The number of carbonyl (C=O) groups is 2. The van der Waals surface area contributed by atoms with Crippen LogP contribution in [0.15, 0.2) is 48.5 Å². The van der Waals surface area contributed by atoms with Crippen LogP contribution in [0.3, 0.4) is 0 Å². The molecule has 2 aromatic carbocycles. The number of quaternary nitrogens is 1. The topological polar surface area (TPSA) is 78.1 Å². The summed E-state index contributed by atoms with van der Waals surface area (Å²) < 4.78 is 5.47. The van der Waals surface area contributed by atoms with Crippen LogP contribution in [0.5, 0.6) is 5.75 Å². The fourth-order valence-corrected chi connectivity index (χ4v) is 3.63. The number of rotatable bonds is 7. The Kier molecular flexibility index (Phi) is 7.63. The van der Waals surface area contributed by atoms with Crippen LogP contribution in [0.4, 0.5) is 0 Å². The molecular formula is C24H29N4O3+. The Bertz CT molecular complexity index is 944. The minimum atomic E-state index is -0.263. The smallest absolute Gasteiger partial charge is 0.260 e. The molecule has 2 aromatic rings. The van der Waals surface area contributed by atoms with Gasteiger partial charge in [0.1, 0.15) is 12.3 Å². The van der Waals surface area contributed by atoms with Crippen LogP contribution < -0.4 is 9.64 Å². The number of hydrogen-bond donors (Lipinski definition) is 1. The van der Waals surface area contributed by atoms with Gasteiger partial charge in [-0.1, -0.05) is 29.8 Å². The van der Waals surface area contributed by atoms with E-state index in [0.717, 1.165) is 19.6 Å². The summed E-state index contributed by atoms with van der Waals surface area (Å²) in [6.45, 7) is 6.16. The molecule has 31 heavy (non-hydrogen) atoms. The van der Waals surface area contributed by atoms with Crippen LogP contribution in [0, 0.1) is 18.3 Å². The molecule has 1 saturated heterocycles. The Morgan fingerprint density at radius 3 is 2.52 bits per heavy atom. The maximum absolute atomic E-state index is 12.6. The molecule has 0 spiro atoms. The van der Waals surface area contributed by atoms with E-state index in [-0.39, 0.29) is 25.0 Å². The number of ether oxygens (including phenoxy) is 1. The van der Waals surface area contributed by atoms with Gasteiger partial charge in [0, 0.05) is 12.6 Å². The number of nitrogens with zero attached hydrogens (tertiary/aromatic N) is 3. The summed E-state index contributed by atoms with van der Waals surface area (Å²) in [6, 6.07) is 17.1. The van der Waals surface area contributed by atoms with E-state index < -0.39 is 0 Å². The highest BCUT2D eigenvalue weighted by Crippen LogP contribution is 2.11. The van der Waals surface area contributed by atoms with Crippen LogP contribution in [-0.2, 0) is 16.1 Å². The summed E-state index contributed by atoms with van der Waals surface area (Å²) in [5, 5.41) is 8.81. The molecule has 162 valence electrons. The van der Waals surface area contributed by atoms with Crippen LogP contribution in [-0.4, -0.2) is 68.0 Å². The first-order valence-corrected chi connectivity index (χ1v) is 10.5. The van der Waals surface area contributed by atoms with Gasteiger partial charge in [-0.2, -0.15) is 5.26 Å². The SMILES string of the molecule is Cc1cccc(C[NH+]2CCN(C(=O)CN(C)C(=O)COc3ccc(C#N)cc3)CC2)c1. The second-order valence-corrected chi connectivity index (χ2v) is 7.97. The van der Waals surface area contributed by atoms with E-state index in [2.05, 4.69) is 31.2 Å². The van der Waals surface area contributed by atoms with Crippen molar-refractivity contribution in [3.05, 3.63) is 65.2 Å². The molecule has 1 N–H and O–H groups in total. The summed E-state index contributed by atoms with van der Waals surface area (Å²) in [5.41, 5.74) is 3.12. The molecule has 1 aliphatic rings. The second-order valence-electron chi connectivity index (χ2n) is 7.97. The first-order chi connectivity index (χ1) is 14.9. The third kappa shape index (κ3) is 6.56. The van der Waals surface area contributed by atoms with Crippen LogP contribution >= 0.6 is 0 Å². The van der Waals surface area contributed by atoms with Gasteiger partial charge in [-0.15, -0.1) is 0 Å². The van der Waals surface area contributed by atoms with Crippen molar-refractivity contribution in [3.8, 4) is 11.8 Å². The monoisotopic (exact) mass is 421 g/mol. The first kappa shape index (κ1) is 22.3. The molecule has 0 atom stereocenters. The molecular weight excluding hydrogens is 392 g/mol. The van der Waals surface area contributed by atoms with E-state index in [0.29, 0.717) is 24.4 Å². The molecule has 0 aromatic heterocycles. The van der Waals surface area contributed by atoms with E-state index in [1.807, 2.05) is 11.0 Å². The number of carbonyl (C=O) groups excluding carboxylic acids is 2. The summed E-state index contributed by atoms with van der Waals surface area (Å²) in [7, 11) is 1.61. The Morgan fingerprint density at radius 1 is 1.16 bits per heavy atom. The number of piperazine rings is 1. The number of likely N-dealkylation sites (N-methyl/N-ethyl adjacent to an activating group) is 1. The summed E-state index contributed by atoms with van der Waals surface area (Å²) >= 11 is 0. The number of benzene rings is 2. The van der Waals surface area contributed by atoms with Gasteiger partial charge in [0.2, 0.25) is 5.91 Å². The summed E-state index contributed by atoms with van der Waals surface area (Å²) in [6.07, 6.45) is 0. The van der Waals surface area contributed by atoms with Crippen molar-refractivity contribution in [1.82, 2.24) is 9.80 Å². The van der Waals surface area contributed by atoms with Gasteiger partial charge in [0.05, 0.1) is 44.4 Å². The van der Waals surface area contributed by atoms with Crippen molar-refractivity contribution < 1.29 is 19.2 Å². The lowest BCUT2D eigenvalue weighted by Crippen LogP contribution is -3.13. The number of nitriles is 1. The van der Waals surface area contributed by atoms with Gasteiger partial charge in [0.25, 0.3) is 5.91 Å². The minimum absolute atomic E-state index is 0.0381. The van der Waals surface area contributed by atoms with Crippen LogP contribution in [0.1, 0.15) is 16.7 Å². The standard InChI is InChI=1S/C24H28N4O3/c1-19-4-3-5-21(14-19)16-27-10-12-28(13-11-27)23(29)17-26(2)24(30)18-31-22-8-6-20(15-25)7-9-22/h3-9,14H,10-13,16-18H2,1-2H3/p+1. The Labute approximate surface area is 183 Å². The molecule has 1 aliphatic heterocycles. The number of hydrogen-bond acceptors (Lipinski definition) is 4. The molecule has 7 nitrogen and oxygen atoms in total. The quantitative estimate of drug-likeness (QED) is 0.712. The molecule has 0 radical (unpaired) electrons. The predicted octanol–water partition coefficient (Wildman–Crippen LogP) is 0.631. The molecule has 0 aliphatic carbocycles. The van der Waals surface area contributed by atoms with Gasteiger partial charge >= 0.3 is 0 Å². The average Bonchev–Trinajstić information content (AvgIpc) is 2.78. The molecule has 7 heteroatoms. The third-order valence-electron chi connectivity index (χ3n) is 5.50. The van der Waals surface area contributed by atoms with E-state index >= 15 is 0 Å². The number of amides is 2. The van der Waals surface area contributed by atoms with E-state index in [9.17, 15) is 9.59 Å². The van der Waals surface area contributed by atoms with Gasteiger partial charge in [-0.05, 0) is 31.2 Å². The lowest BCUT2D eigenvalue weighted by atomic mass is 10.1. The zero-order valence-electron chi connectivity index (χ0n) is 18.1. The summed E-state index contributed by atoms with van der Waals surface area (Å²) in [5.74, 6) is 0.213. The van der Waals surface area contributed by atoms with Crippen LogP contribution in [0.2, 0.25) is 0 Å². The molecule has 2 amide bonds. The molecule has 1 heterocycles. The highest BCUT2D eigenvalue weighted by Gasteiger charge is 2.25.